The number of alkyl halides is 1. The smallest absolute Gasteiger partial charge is 0.258 e. The number of nitro benzene ring substituents is 1. The summed E-state index contributed by atoms with van der Waals surface area (Å²) in [5, 5.41) is 11.2. The molecule has 0 atom stereocenters. The fourth-order valence-electron chi connectivity index (χ4n) is 1.28. The number of nitro groups is 1. The zero-order valence-corrected chi connectivity index (χ0v) is 8.87. The lowest BCUT2D eigenvalue weighted by molar-refractivity contribution is -0.385. The Hall–Kier alpha value is -0.900. The summed E-state index contributed by atoms with van der Waals surface area (Å²) in [6.07, 6.45) is 0.822. The Morgan fingerprint density at radius 2 is 2.23 bits per heavy atom. The molecule has 0 aliphatic rings. The molecule has 0 unspecified atom stereocenters. The first kappa shape index (κ1) is 10.2. The summed E-state index contributed by atoms with van der Waals surface area (Å²) in [4.78, 5) is 10.3. The molecule has 13 heavy (non-hydrogen) atoms. The van der Waals surface area contributed by atoms with Crippen LogP contribution in [0, 0.1) is 10.1 Å². The fourth-order valence-corrected chi connectivity index (χ4v) is 1.93. The van der Waals surface area contributed by atoms with Gasteiger partial charge in [0.25, 0.3) is 5.69 Å². The predicted octanol–water partition coefficient (Wildman–Crippen LogP) is 3.05. The summed E-state index contributed by atoms with van der Waals surface area (Å²) in [7, 11) is 0. The Labute approximate surface area is 85.0 Å². The third-order valence-corrected chi connectivity index (χ3v) is 2.52. The molecule has 0 aliphatic carbocycles. The van der Waals surface area contributed by atoms with Gasteiger partial charge in [0, 0.05) is 17.0 Å². The number of benzene rings is 1. The second-order valence-electron chi connectivity index (χ2n) is 2.66. The molecule has 0 aliphatic heterocycles. The van der Waals surface area contributed by atoms with Crippen molar-refractivity contribution in [2.45, 2.75) is 18.7 Å². The maximum atomic E-state index is 10.6. The van der Waals surface area contributed by atoms with Gasteiger partial charge in [0.1, 0.15) is 0 Å². The molecule has 1 aromatic carbocycles. The molecule has 0 N–H and O–H groups in total. The Bertz CT molecular complexity index is 325. The van der Waals surface area contributed by atoms with Gasteiger partial charge in [0.15, 0.2) is 0 Å². The molecule has 0 heterocycles. The van der Waals surface area contributed by atoms with Gasteiger partial charge in [-0.15, -0.1) is 0 Å². The third kappa shape index (κ3) is 2.06. The molecule has 0 fully saturated rings. The van der Waals surface area contributed by atoms with E-state index in [0.717, 1.165) is 17.5 Å². The van der Waals surface area contributed by atoms with Crippen molar-refractivity contribution in [2.75, 3.05) is 0 Å². The van der Waals surface area contributed by atoms with E-state index in [4.69, 9.17) is 0 Å². The number of hydrogen-bond acceptors (Lipinski definition) is 2. The predicted molar refractivity (Wildman–Crippen MR) is 55.1 cm³/mol. The van der Waals surface area contributed by atoms with E-state index >= 15 is 0 Å². The van der Waals surface area contributed by atoms with Gasteiger partial charge in [0.2, 0.25) is 0 Å². The zero-order valence-electron chi connectivity index (χ0n) is 7.29. The van der Waals surface area contributed by atoms with Gasteiger partial charge in [-0.1, -0.05) is 35.0 Å². The van der Waals surface area contributed by atoms with Crippen LogP contribution in [0.2, 0.25) is 0 Å². The van der Waals surface area contributed by atoms with Gasteiger partial charge >= 0.3 is 0 Å². The molecule has 1 rings (SSSR count). The fraction of sp³-hybridized carbons (Fsp3) is 0.333. The van der Waals surface area contributed by atoms with E-state index in [1.807, 2.05) is 13.0 Å². The van der Waals surface area contributed by atoms with Crippen molar-refractivity contribution in [1.29, 1.82) is 0 Å². The first-order valence-corrected chi connectivity index (χ1v) is 5.14. The average Bonchev–Trinajstić information content (AvgIpc) is 2.16. The number of hydrogen-bond donors (Lipinski definition) is 0. The number of rotatable bonds is 3. The average molecular weight is 244 g/mol. The molecule has 0 saturated carbocycles. The van der Waals surface area contributed by atoms with Crippen LogP contribution in [-0.4, -0.2) is 4.92 Å². The van der Waals surface area contributed by atoms with Crippen LogP contribution < -0.4 is 0 Å². The van der Waals surface area contributed by atoms with Crippen LogP contribution in [0.5, 0.6) is 0 Å². The Kier molecular flexibility index (Phi) is 3.42. The summed E-state index contributed by atoms with van der Waals surface area (Å²) in [5.74, 6) is 0. The van der Waals surface area contributed by atoms with E-state index in [0.29, 0.717) is 5.33 Å². The van der Waals surface area contributed by atoms with Gasteiger partial charge in [-0.3, -0.25) is 10.1 Å². The molecule has 0 bridgehead atoms. The minimum Gasteiger partial charge on any atom is -0.258 e. The lowest BCUT2D eigenvalue weighted by Crippen LogP contribution is -1.97. The molecule has 0 radical (unpaired) electrons. The SMILES string of the molecule is CCc1cccc([N+](=O)[O-])c1CBr. The standard InChI is InChI=1S/C9H10BrNO2/c1-2-7-4-3-5-9(11(12)13)8(7)6-10/h3-5H,2,6H2,1H3. The second-order valence-corrected chi connectivity index (χ2v) is 3.22. The normalized spacial score (nSPS) is 10.0. The van der Waals surface area contributed by atoms with Gasteiger partial charge in [0.05, 0.1) is 4.92 Å². The minimum atomic E-state index is -0.338. The minimum absolute atomic E-state index is 0.205. The van der Waals surface area contributed by atoms with Crippen molar-refractivity contribution in [3.8, 4) is 0 Å². The summed E-state index contributed by atoms with van der Waals surface area (Å²) in [6.45, 7) is 1.99. The van der Waals surface area contributed by atoms with Gasteiger partial charge in [-0.2, -0.15) is 0 Å². The Morgan fingerprint density at radius 1 is 1.54 bits per heavy atom. The van der Waals surface area contributed by atoms with Crippen molar-refractivity contribution < 1.29 is 4.92 Å². The van der Waals surface area contributed by atoms with Crippen LogP contribution >= 0.6 is 15.9 Å². The highest BCUT2D eigenvalue weighted by molar-refractivity contribution is 9.08. The maximum absolute atomic E-state index is 10.6. The number of aryl methyl sites for hydroxylation is 1. The molecule has 0 saturated heterocycles. The second kappa shape index (κ2) is 4.37. The first-order chi connectivity index (χ1) is 6.20. The van der Waals surface area contributed by atoms with E-state index in [-0.39, 0.29) is 10.6 Å². The third-order valence-electron chi connectivity index (χ3n) is 1.96. The summed E-state index contributed by atoms with van der Waals surface area (Å²) in [5.41, 5.74) is 2.03. The van der Waals surface area contributed by atoms with Gasteiger partial charge in [-0.25, -0.2) is 0 Å². The highest BCUT2D eigenvalue weighted by Crippen LogP contribution is 2.24. The van der Waals surface area contributed by atoms with E-state index in [1.165, 1.54) is 6.07 Å². The van der Waals surface area contributed by atoms with E-state index in [9.17, 15) is 10.1 Å². The molecule has 1 aromatic rings. The van der Waals surface area contributed by atoms with Crippen molar-refractivity contribution in [3.63, 3.8) is 0 Å². The first-order valence-electron chi connectivity index (χ1n) is 4.01. The highest BCUT2D eigenvalue weighted by atomic mass is 79.9. The van der Waals surface area contributed by atoms with Crippen LogP contribution in [0.15, 0.2) is 18.2 Å². The topological polar surface area (TPSA) is 43.1 Å². The molecule has 4 heteroatoms. The highest BCUT2D eigenvalue weighted by Gasteiger charge is 2.14. The van der Waals surface area contributed by atoms with Gasteiger partial charge in [-0.05, 0) is 12.0 Å². The molecular formula is C9H10BrNO2. The largest absolute Gasteiger partial charge is 0.273 e. The van der Waals surface area contributed by atoms with Crippen LogP contribution in [0.3, 0.4) is 0 Å². The molecule has 70 valence electrons. The maximum Gasteiger partial charge on any atom is 0.273 e. The summed E-state index contributed by atoms with van der Waals surface area (Å²) in [6, 6.07) is 5.18. The van der Waals surface area contributed by atoms with Crippen LogP contribution in [0.25, 0.3) is 0 Å². The van der Waals surface area contributed by atoms with Crippen molar-refractivity contribution >= 4 is 21.6 Å². The summed E-state index contributed by atoms with van der Waals surface area (Å²) >= 11 is 3.26. The van der Waals surface area contributed by atoms with Crippen molar-refractivity contribution in [2.24, 2.45) is 0 Å². The van der Waals surface area contributed by atoms with E-state index < -0.39 is 0 Å². The molecular weight excluding hydrogens is 234 g/mol. The van der Waals surface area contributed by atoms with Crippen LogP contribution in [0.1, 0.15) is 18.1 Å². The quantitative estimate of drug-likeness (QED) is 0.466. The lowest BCUT2D eigenvalue weighted by Gasteiger charge is -2.04. The van der Waals surface area contributed by atoms with Crippen molar-refractivity contribution in [3.05, 3.63) is 39.4 Å². The van der Waals surface area contributed by atoms with Crippen LogP contribution in [-0.2, 0) is 11.8 Å². The monoisotopic (exact) mass is 243 g/mol. The molecule has 0 spiro atoms. The summed E-state index contributed by atoms with van der Waals surface area (Å²) < 4.78 is 0. The lowest BCUT2D eigenvalue weighted by atomic mass is 10.1. The zero-order chi connectivity index (χ0) is 9.84. The van der Waals surface area contributed by atoms with Crippen LogP contribution in [0.4, 0.5) is 5.69 Å². The van der Waals surface area contributed by atoms with E-state index in [1.54, 1.807) is 6.07 Å². The number of nitrogens with zero attached hydrogens (tertiary/aromatic N) is 1. The molecule has 0 amide bonds. The van der Waals surface area contributed by atoms with E-state index in [2.05, 4.69) is 15.9 Å². The number of halogens is 1. The molecule has 0 aromatic heterocycles. The molecule has 3 nitrogen and oxygen atoms in total. The van der Waals surface area contributed by atoms with Crippen molar-refractivity contribution in [1.82, 2.24) is 0 Å². The van der Waals surface area contributed by atoms with Gasteiger partial charge < -0.3 is 0 Å². The Morgan fingerprint density at radius 3 is 2.69 bits per heavy atom. The Balaban J connectivity index is 3.27.